The van der Waals surface area contributed by atoms with Gasteiger partial charge in [-0.3, -0.25) is 29.1 Å². The van der Waals surface area contributed by atoms with Crippen LogP contribution in [-0.2, 0) is 39.9 Å². The van der Waals surface area contributed by atoms with E-state index in [9.17, 15) is 33.9 Å². The molecule has 12 rings (SSSR count). The molecule has 0 radical (unpaired) electrons. The number of benzene rings is 5. The van der Waals surface area contributed by atoms with Crippen molar-refractivity contribution in [1.29, 1.82) is 0 Å². The molecule has 5 saturated heterocycles. The fourth-order valence-corrected chi connectivity index (χ4v) is 11.8. The summed E-state index contributed by atoms with van der Waals surface area (Å²) >= 11 is 1.89. The number of carboxylic acid groups (broad SMARTS) is 4. The number of hydrogen-bond donors (Lipinski definition) is 9. The molecule has 23 nitrogen and oxygen atoms in total. The van der Waals surface area contributed by atoms with E-state index in [1.807, 2.05) is 96.7 Å². The molecule has 466 valence electrons. The minimum Gasteiger partial charge on any atom is -0.497 e. The zero-order chi connectivity index (χ0) is 64.0. The van der Waals surface area contributed by atoms with E-state index in [0.717, 1.165) is 59.4 Å². The number of nitrogens with one attached hydrogen (secondary N) is 2. The van der Waals surface area contributed by atoms with Crippen LogP contribution >= 0.6 is 11.8 Å². The number of aliphatic hydroxyl groups excluding tert-OH is 1. The highest BCUT2D eigenvalue weighted by atomic mass is 32.3. The second kappa shape index (κ2) is 32.8. The summed E-state index contributed by atoms with van der Waals surface area (Å²) in [4.78, 5) is 79.2. The van der Waals surface area contributed by atoms with Crippen LogP contribution < -0.4 is 20.3 Å². The molecule has 1 aromatic heterocycles. The third-order valence-electron chi connectivity index (χ3n) is 14.8. The number of aromatic nitrogens is 1. The Morgan fingerprint density at radius 1 is 0.739 bits per heavy atom. The lowest BCUT2D eigenvalue weighted by Gasteiger charge is -2.50. The molecule has 88 heavy (non-hydrogen) atoms. The summed E-state index contributed by atoms with van der Waals surface area (Å²) in [7, 11) is -0.786. The second-order valence-corrected chi connectivity index (χ2v) is 22.5. The van der Waals surface area contributed by atoms with Crippen LogP contribution in [0, 0.1) is 11.8 Å². The van der Waals surface area contributed by atoms with Crippen molar-refractivity contribution in [3.63, 3.8) is 0 Å². The number of para-hydroxylation sites is 2. The Morgan fingerprint density at radius 2 is 1.25 bits per heavy atom. The monoisotopic (exact) mass is 1250 g/mol. The average Bonchev–Trinajstić information content (AvgIpc) is 2.19. The molecule has 6 aliphatic rings. The molecule has 9 N–H and O–H groups in total. The van der Waals surface area contributed by atoms with Crippen LogP contribution in [0.5, 0.6) is 5.75 Å². The van der Waals surface area contributed by atoms with Gasteiger partial charge in [-0.2, -0.15) is 8.42 Å². The van der Waals surface area contributed by atoms with Gasteiger partial charge in [0, 0.05) is 91.0 Å². The van der Waals surface area contributed by atoms with E-state index < -0.39 is 52.0 Å². The summed E-state index contributed by atoms with van der Waals surface area (Å²) in [5, 5.41) is 48.4. The van der Waals surface area contributed by atoms with Gasteiger partial charge in [-0.05, 0) is 116 Å². The summed E-state index contributed by atoms with van der Waals surface area (Å²) in [6.07, 6.45) is 9.06. The van der Waals surface area contributed by atoms with Crippen molar-refractivity contribution >= 4 is 80.3 Å². The van der Waals surface area contributed by atoms with Gasteiger partial charge in [0.05, 0.1) is 30.1 Å². The SMILES string of the molecule is C=CC1CN2CCC1CC2[C@@H](O)c1ccnc2ccc(OC)cc12.CN1CCN(CCCN2c3ccccc3Sc3ccccc32)CC1.O=C(O)/C=C/C(=O)O.O=C(O)/C=C/C(=O)O.O=C1NC(=O)C(c2ccccc2)(c2ccccc2)N1.O=S(=O)(O)O. The number of piperazine rings is 1. The molecule has 5 fully saturated rings. The number of anilines is 2. The van der Waals surface area contributed by atoms with Crippen molar-refractivity contribution in [2.45, 2.75) is 46.7 Å². The minimum atomic E-state index is -4.67. The average molecular weight is 1250 g/mol. The zero-order valence-electron chi connectivity index (χ0n) is 48.3. The molecule has 3 amide bonds. The number of fused-ring (bicyclic) bond motifs is 6. The van der Waals surface area contributed by atoms with E-state index in [2.05, 4.69) is 103 Å². The van der Waals surface area contributed by atoms with Gasteiger partial charge in [0.1, 0.15) is 5.75 Å². The van der Waals surface area contributed by atoms with Gasteiger partial charge >= 0.3 is 40.3 Å². The highest BCUT2D eigenvalue weighted by molar-refractivity contribution is 7.99. The molecule has 25 heteroatoms. The normalized spacial score (nSPS) is 19.3. The van der Waals surface area contributed by atoms with Crippen LogP contribution in [0.3, 0.4) is 0 Å². The Bertz CT molecular complexity index is 3390. The Morgan fingerprint density at radius 3 is 1.70 bits per heavy atom. The Labute approximate surface area is 513 Å². The number of carboxylic acids is 4. The van der Waals surface area contributed by atoms with Crippen molar-refractivity contribution in [1.82, 2.24) is 30.3 Å². The van der Waals surface area contributed by atoms with Gasteiger partial charge in [0.25, 0.3) is 5.91 Å². The third kappa shape index (κ3) is 19.9. The van der Waals surface area contributed by atoms with E-state index in [-0.39, 0.29) is 11.9 Å². The van der Waals surface area contributed by atoms with Gasteiger partial charge < -0.3 is 50.3 Å². The summed E-state index contributed by atoms with van der Waals surface area (Å²) in [6.45, 7) is 13.2. The number of piperidine rings is 3. The Kier molecular flexibility index (Phi) is 25.5. The molecule has 0 saturated carbocycles. The number of pyridine rings is 1. The van der Waals surface area contributed by atoms with E-state index >= 15 is 0 Å². The number of amides is 3. The summed E-state index contributed by atoms with van der Waals surface area (Å²) in [6, 6.07) is 43.5. The van der Waals surface area contributed by atoms with Gasteiger partial charge in [-0.1, -0.05) is 103 Å². The number of urea groups is 1. The number of carbonyl (C=O) groups excluding carboxylic acids is 2. The lowest BCUT2D eigenvalue weighted by Crippen LogP contribution is -2.54. The zero-order valence-corrected chi connectivity index (χ0v) is 50.0. The van der Waals surface area contributed by atoms with Gasteiger partial charge in [0.15, 0.2) is 5.54 Å². The number of ether oxygens (including phenoxy) is 1. The van der Waals surface area contributed by atoms with Crippen molar-refractivity contribution < 1.29 is 76.6 Å². The predicted octanol–water partition coefficient (Wildman–Crippen LogP) is 7.64. The van der Waals surface area contributed by atoms with Crippen molar-refractivity contribution in [3.8, 4) is 5.75 Å². The molecule has 4 unspecified atom stereocenters. The highest BCUT2D eigenvalue weighted by Crippen LogP contribution is 2.48. The first kappa shape index (κ1) is 68.3. The van der Waals surface area contributed by atoms with E-state index in [4.69, 9.17) is 42.7 Å². The van der Waals surface area contributed by atoms with Gasteiger partial charge in [-0.15, -0.1) is 6.58 Å². The fourth-order valence-electron chi connectivity index (χ4n) is 10.7. The number of methoxy groups -OCH3 is 1. The second-order valence-electron chi connectivity index (χ2n) is 20.5. The first-order chi connectivity index (χ1) is 42.0. The van der Waals surface area contributed by atoms with E-state index in [1.165, 1.54) is 66.7 Å². The topological polar surface area (TPSA) is 337 Å². The number of nitrogens with zero attached hydrogens (tertiary/aromatic N) is 5. The number of hydrogen-bond acceptors (Lipinski definition) is 16. The van der Waals surface area contributed by atoms with Crippen LogP contribution in [-0.4, -0.2) is 171 Å². The van der Waals surface area contributed by atoms with Crippen molar-refractivity contribution in [3.05, 3.63) is 193 Å². The van der Waals surface area contributed by atoms with Crippen molar-refractivity contribution in [2.24, 2.45) is 11.8 Å². The lowest BCUT2D eigenvalue weighted by molar-refractivity contribution is -0.134. The molecule has 6 aliphatic heterocycles. The van der Waals surface area contributed by atoms with Gasteiger partial charge in [-0.25, -0.2) is 24.0 Å². The molecule has 7 heterocycles. The molecule has 5 aromatic carbocycles. The molecule has 6 aromatic rings. The molecule has 0 aliphatic carbocycles. The fraction of sp³-hybridized carbons (Fsp3) is 0.286. The highest BCUT2D eigenvalue weighted by Gasteiger charge is 2.49. The summed E-state index contributed by atoms with van der Waals surface area (Å²) in [5.74, 6) is -3.37. The summed E-state index contributed by atoms with van der Waals surface area (Å²) in [5.41, 5.74) is 4.91. The smallest absolute Gasteiger partial charge is 0.394 e. The van der Waals surface area contributed by atoms with Crippen LogP contribution in [0.4, 0.5) is 16.2 Å². The molecular formula is C63H71N7O16S2. The Hall–Kier alpha value is -8.79. The van der Waals surface area contributed by atoms with E-state index in [0.29, 0.717) is 36.1 Å². The quantitative estimate of drug-likeness (QED) is 0.0219. The number of carbonyl (C=O) groups is 6. The maximum atomic E-state index is 12.3. The standard InChI is InChI=1S/C20H25N3S.C20H24N2O2.C15H12N2O2.2C4H4O4.H2O4S/c1-21-13-15-22(16-14-21)11-6-12-23-17-7-2-4-9-19(17)24-20-10-5-3-8-18(20)23;1-3-13-12-22-9-7-14(13)10-19(22)20(23)16-6-8-21-18-5-4-15(24-2)11-17(16)18;18-13-15(17-14(19)16-13,11-7-3-1-4-8-11)12-9-5-2-6-10-12;2*5-3(6)1-2-4(7)8;1-5(2,3)4/h2-5,7-10H,6,11-16H2,1H3;3-6,8,11,13-14,19-20,23H,1,7,9-10,12H2,2H3;1-10H,(H2,16,17,18,19);2*1-2H,(H,5,6)(H,7,8);(H2,1,2,3,4)/b;;;2*2-1+;/t;13?,14?,19?,20-;;;;/m.0..../s1. The van der Waals surface area contributed by atoms with Crippen molar-refractivity contribution in [2.75, 3.05) is 71.4 Å². The summed E-state index contributed by atoms with van der Waals surface area (Å²) < 4.78 is 36.9. The third-order valence-corrected chi connectivity index (χ3v) is 16.0. The van der Waals surface area contributed by atoms with Crippen LogP contribution in [0.15, 0.2) is 186 Å². The Balaban J connectivity index is 0.000000182. The maximum Gasteiger partial charge on any atom is 0.394 e. The van der Waals surface area contributed by atoms with Crippen LogP contribution in [0.1, 0.15) is 42.1 Å². The predicted molar refractivity (Wildman–Crippen MR) is 331 cm³/mol. The number of likely N-dealkylation sites (N-methyl/N-ethyl adjacent to an activating group) is 1. The molecule has 5 atom stereocenters. The van der Waals surface area contributed by atoms with E-state index in [1.54, 1.807) is 13.3 Å². The maximum absolute atomic E-state index is 12.3. The number of imide groups is 1. The molecule has 0 spiro atoms. The van der Waals surface area contributed by atoms with Crippen LogP contribution in [0.25, 0.3) is 10.9 Å². The minimum absolute atomic E-state index is 0.178. The molecular weight excluding hydrogens is 1170 g/mol. The van der Waals surface area contributed by atoms with Crippen LogP contribution in [0.2, 0.25) is 0 Å². The van der Waals surface area contributed by atoms with Gasteiger partial charge in [0.2, 0.25) is 0 Å². The first-order valence-corrected chi connectivity index (χ1v) is 30.0. The largest absolute Gasteiger partial charge is 0.497 e. The molecule has 2 bridgehead atoms. The number of rotatable bonds is 14. The lowest BCUT2D eigenvalue weighted by atomic mass is 9.73. The first-order valence-electron chi connectivity index (χ1n) is 27.7. The number of aliphatic carboxylic acids is 4. The number of aliphatic hydroxyl groups is 1.